The second-order valence-electron chi connectivity index (χ2n) is 8.89. The Labute approximate surface area is 209 Å². The van der Waals surface area contributed by atoms with Gasteiger partial charge < -0.3 is 16.8 Å². The van der Waals surface area contributed by atoms with Crippen molar-refractivity contribution < 1.29 is 14.4 Å². The summed E-state index contributed by atoms with van der Waals surface area (Å²) in [6, 6.07) is 13.8. The van der Waals surface area contributed by atoms with Crippen LogP contribution in [0.15, 0.2) is 48.5 Å². The smallest absolute Gasteiger partial charge is 0.273 e. The molecule has 1 aromatic heterocycles. The molecule has 1 atom stereocenters. The summed E-state index contributed by atoms with van der Waals surface area (Å²) in [7, 11) is 0. The lowest BCUT2D eigenvalue weighted by atomic mass is 10.00. The molecule has 3 aromatic rings. The van der Waals surface area contributed by atoms with Crippen LogP contribution in [-0.4, -0.2) is 28.6 Å². The molecular weight excluding hydrogens is 462 g/mol. The van der Waals surface area contributed by atoms with Gasteiger partial charge in [-0.05, 0) is 54.9 Å². The molecular formula is C26H31N5O3S. The number of rotatable bonds is 9. The molecule has 1 unspecified atom stereocenters. The number of nitrogens with one attached hydrogen (secondary N) is 1. The Kier molecular flexibility index (Phi) is 8.24. The van der Waals surface area contributed by atoms with E-state index < -0.39 is 17.9 Å². The molecule has 9 heteroatoms. The Balaban J connectivity index is 2.17. The van der Waals surface area contributed by atoms with Gasteiger partial charge in [-0.25, -0.2) is 0 Å². The Morgan fingerprint density at radius 3 is 2.29 bits per heavy atom. The number of aryl methyl sites for hydroxylation is 2. The number of hydrogen-bond donors (Lipinski definition) is 3. The highest BCUT2D eigenvalue weighted by Gasteiger charge is 2.36. The average molecular weight is 494 g/mol. The van der Waals surface area contributed by atoms with Gasteiger partial charge in [0.1, 0.15) is 10.9 Å². The lowest BCUT2D eigenvalue weighted by molar-refractivity contribution is -0.122. The summed E-state index contributed by atoms with van der Waals surface area (Å²) in [4.78, 5) is 40.9. The third kappa shape index (κ3) is 5.86. The predicted molar refractivity (Wildman–Crippen MR) is 139 cm³/mol. The molecule has 0 spiro atoms. The van der Waals surface area contributed by atoms with Crippen molar-refractivity contribution in [2.75, 3.05) is 17.2 Å². The van der Waals surface area contributed by atoms with Gasteiger partial charge in [0, 0.05) is 12.2 Å². The first kappa shape index (κ1) is 25.9. The number of para-hydroxylation sites is 1. The van der Waals surface area contributed by atoms with E-state index in [0.717, 1.165) is 29.1 Å². The van der Waals surface area contributed by atoms with Crippen molar-refractivity contribution in [2.45, 2.75) is 40.2 Å². The highest BCUT2D eigenvalue weighted by atomic mass is 32.1. The summed E-state index contributed by atoms with van der Waals surface area (Å²) in [5.74, 6) is -1.26. The molecule has 2 aromatic carbocycles. The second kappa shape index (κ2) is 11.1. The monoisotopic (exact) mass is 493 g/mol. The largest absolute Gasteiger partial charge is 0.395 e. The molecule has 0 radical (unpaired) electrons. The van der Waals surface area contributed by atoms with Gasteiger partial charge in [-0.2, -0.15) is 4.37 Å². The Bertz CT molecular complexity index is 1220. The molecule has 0 bridgehead atoms. The van der Waals surface area contributed by atoms with E-state index in [1.807, 2.05) is 50.2 Å². The summed E-state index contributed by atoms with van der Waals surface area (Å²) in [5.41, 5.74) is 14.3. The zero-order valence-electron chi connectivity index (χ0n) is 20.4. The zero-order valence-corrected chi connectivity index (χ0v) is 21.2. The van der Waals surface area contributed by atoms with Gasteiger partial charge in [0.25, 0.3) is 11.8 Å². The van der Waals surface area contributed by atoms with E-state index in [2.05, 4.69) is 23.5 Å². The first-order valence-corrected chi connectivity index (χ1v) is 12.2. The van der Waals surface area contributed by atoms with E-state index in [0.29, 0.717) is 23.7 Å². The molecule has 8 nitrogen and oxygen atoms in total. The number of carbonyl (C=O) groups excluding carboxylic acids is 3. The van der Waals surface area contributed by atoms with Gasteiger partial charge in [0.15, 0.2) is 5.69 Å². The number of primary amides is 1. The normalized spacial score (nSPS) is 11.8. The number of benzene rings is 2. The molecule has 0 aliphatic carbocycles. The van der Waals surface area contributed by atoms with Gasteiger partial charge in [-0.3, -0.25) is 19.3 Å². The Hall–Kier alpha value is -3.72. The van der Waals surface area contributed by atoms with Crippen LogP contribution in [0.25, 0.3) is 0 Å². The van der Waals surface area contributed by atoms with Gasteiger partial charge in [0.05, 0.1) is 5.69 Å². The standard InChI is InChI=1S/C26H31N5O3S/c1-15(2)13-14-29-25(33)22(18-11-9-16(3)10-12-18)31(19-8-6-5-7-17(19)4)26(34)23-20(27)21(24(28)32)30-35-23/h5-12,15,22H,13-14,27H2,1-4H3,(H2,28,32)(H,29,33). The second-order valence-corrected chi connectivity index (χ2v) is 9.66. The number of anilines is 2. The molecule has 5 N–H and O–H groups in total. The number of hydrogen-bond acceptors (Lipinski definition) is 6. The van der Waals surface area contributed by atoms with Crippen molar-refractivity contribution in [3.63, 3.8) is 0 Å². The molecule has 35 heavy (non-hydrogen) atoms. The fourth-order valence-corrected chi connectivity index (χ4v) is 4.43. The highest BCUT2D eigenvalue weighted by molar-refractivity contribution is 7.09. The maximum Gasteiger partial charge on any atom is 0.273 e. The van der Waals surface area contributed by atoms with Gasteiger partial charge >= 0.3 is 0 Å². The summed E-state index contributed by atoms with van der Waals surface area (Å²) in [6.07, 6.45) is 0.800. The molecule has 0 fully saturated rings. The fourth-order valence-electron chi connectivity index (χ4n) is 3.69. The third-order valence-corrected chi connectivity index (χ3v) is 6.52. The van der Waals surface area contributed by atoms with Crippen LogP contribution in [0.3, 0.4) is 0 Å². The minimum Gasteiger partial charge on any atom is -0.395 e. The maximum absolute atomic E-state index is 14.0. The molecule has 0 aliphatic rings. The first-order valence-electron chi connectivity index (χ1n) is 11.4. The van der Waals surface area contributed by atoms with Crippen LogP contribution in [0.1, 0.15) is 63.2 Å². The number of amides is 3. The average Bonchev–Trinajstić information content (AvgIpc) is 3.20. The number of carbonyl (C=O) groups is 3. The number of nitrogen functional groups attached to an aromatic ring is 1. The minimum atomic E-state index is -0.977. The van der Waals surface area contributed by atoms with Crippen molar-refractivity contribution >= 4 is 40.6 Å². The van der Waals surface area contributed by atoms with Gasteiger partial charge in [-0.1, -0.05) is 61.9 Å². The van der Waals surface area contributed by atoms with E-state index in [4.69, 9.17) is 11.5 Å². The van der Waals surface area contributed by atoms with Crippen LogP contribution in [-0.2, 0) is 4.79 Å². The van der Waals surface area contributed by atoms with Crippen LogP contribution >= 0.6 is 11.5 Å². The third-order valence-electron chi connectivity index (χ3n) is 5.67. The number of nitrogens with zero attached hydrogens (tertiary/aromatic N) is 2. The molecule has 0 saturated carbocycles. The summed E-state index contributed by atoms with van der Waals surface area (Å²) in [5, 5.41) is 2.99. The number of aromatic nitrogens is 1. The first-order chi connectivity index (χ1) is 16.6. The van der Waals surface area contributed by atoms with Crippen molar-refractivity contribution in [3.05, 3.63) is 75.8 Å². The van der Waals surface area contributed by atoms with Gasteiger partial charge in [-0.15, -0.1) is 0 Å². The summed E-state index contributed by atoms with van der Waals surface area (Å²) >= 11 is 0.791. The summed E-state index contributed by atoms with van der Waals surface area (Å²) in [6.45, 7) is 8.45. The molecule has 1 heterocycles. The number of nitrogens with two attached hydrogens (primary N) is 2. The molecule has 3 amide bonds. The fraction of sp³-hybridized carbons (Fsp3) is 0.308. The van der Waals surface area contributed by atoms with E-state index in [1.165, 1.54) is 4.90 Å². The maximum atomic E-state index is 14.0. The molecule has 3 rings (SSSR count). The summed E-state index contributed by atoms with van der Waals surface area (Å²) < 4.78 is 3.99. The lowest BCUT2D eigenvalue weighted by Gasteiger charge is -2.32. The lowest BCUT2D eigenvalue weighted by Crippen LogP contribution is -2.44. The van der Waals surface area contributed by atoms with Crippen LogP contribution in [0, 0.1) is 19.8 Å². The minimum absolute atomic E-state index is 0.0501. The Morgan fingerprint density at radius 1 is 1.06 bits per heavy atom. The van der Waals surface area contributed by atoms with Crippen LogP contribution in [0.2, 0.25) is 0 Å². The van der Waals surface area contributed by atoms with Crippen molar-refractivity contribution in [1.29, 1.82) is 0 Å². The van der Waals surface area contributed by atoms with Crippen LogP contribution in [0.5, 0.6) is 0 Å². The van der Waals surface area contributed by atoms with Crippen molar-refractivity contribution in [1.82, 2.24) is 9.69 Å². The van der Waals surface area contributed by atoms with E-state index in [-0.39, 0.29) is 22.2 Å². The molecule has 184 valence electrons. The van der Waals surface area contributed by atoms with E-state index in [1.54, 1.807) is 12.1 Å². The predicted octanol–water partition coefficient (Wildman–Crippen LogP) is 3.99. The SMILES string of the molecule is Cc1ccc(C(C(=O)NCCC(C)C)N(C(=O)c2snc(C(N)=O)c2N)c2ccccc2C)cc1. The highest BCUT2D eigenvalue weighted by Crippen LogP contribution is 2.34. The van der Waals surface area contributed by atoms with Crippen molar-refractivity contribution in [3.8, 4) is 0 Å². The van der Waals surface area contributed by atoms with E-state index >= 15 is 0 Å². The zero-order chi connectivity index (χ0) is 25.7. The Morgan fingerprint density at radius 2 is 1.71 bits per heavy atom. The van der Waals surface area contributed by atoms with Crippen LogP contribution in [0.4, 0.5) is 11.4 Å². The van der Waals surface area contributed by atoms with Gasteiger partial charge in [0.2, 0.25) is 5.91 Å². The van der Waals surface area contributed by atoms with E-state index in [9.17, 15) is 14.4 Å². The van der Waals surface area contributed by atoms with Crippen molar-refractivity contribution in [2.24, 2.45) is 11.7 Å². The van der Waals surface area contributed by atoms with Crippen LogP contribution < -0.4 is 21.7 Å². The topological polar surface area (TPSA) is 131 Å². The molecule has 0 aliphatic heterocycles. The quantitative estimate of drug-likeness (QED) is 0.415. The molecule has 0 saturated heterocycles.